The highest BCUT2D eigenvalue weighted by Crippen LogP contribution is 2.12. The first kappa shape index (κ1) is 21.1. The van der Waals surface area contributed by atoms with E-state index in [1.807, 2.05) is 60.7 Å². The fourth-order valence-corrected chi connectivity index (χ4v) is 3.01. The largest absolute Gasteiger partial charge is 0.481 e. The maximum absolute atomic E-state index is 12.8. The Morgan fingerprint density at radius 1 is 0.964 bits per heavy atom. The number of benzene rings is 2. The molecule has 0 spiro atoms. The Kier molecular flexibility index (Phi) is 8.17. The summed E-state index contributed by atoms with van der Waals surface area (Å²) in [6.07, 6.45) is 0.690. The Morgan fingerprint density at radius 3 is 2.00 bits per heavy atom. The van der Waals surface area contributed by atoms with Gasteiger partial charge in [-0.05, 0) is 24.0 Å². The molecule has 0 bridgehead atoms. The molecule has 0 fully saturated rings. The predicted molar refractivity (Wildman–Crippen MR) is 103 cm³/mol. The van der Waals surface area contributed by atoms with E-state index in [4.69, 9.17) is 0 Å². The molecule has 7 heteroatoms. The molecule has 2 unspecified atom stereocenters. The first-order chi connectivity index (χ1) is 13.5. The SMILES string of the molecule is O=CN(O)CC(Cc1ccccc1)C(=O)NC(CC(=O)O)Cc1ccccc1. The third-order valence-corrected chi connectivity index (χ3v) is 4.32. The van der Waals surface area contributed by atoms with Crippen LogP contribution in [0, 0.1) is 5.92 Å². The van der Waals surface area contributed by atoms with Crippen molar-refractivity contribution in [1.82, 2.24) is 10.4 Å². The lowest BCUT2D eigenvalue weighted by Crippen LogP contribution is -2.45. The number of nitrogens with one attached hydrogen (secondary N) is 1. The molecule has 0 heterocycles. The minimum atomic E-state index is -1.02. The minimum absolute atomic E-state index is 0.185. The number of amides is 2. The van der Waals surface area contributed by atoms with Gasteiger partial charge in [-0.1, -0.05) is 60.7 Å². The fourth-order valence-electron chi connectivity index (χ4n) is 3.01. The molecule has 2 rings (SSSR count). The number of hydroxylamine groups is 2. The van der Waals surface area contributed by atoms with Gasteiger partial charge in [0.25, 0.3) is 0 Å². The quantitative estimate of drug-likeness (QED) is 0.312. The van der Waals surface area contributed by atoms with E-state index in [0.717, 1.165) is 11.1 Å². The number of hydrogen-bond acceptors (Lipinski definition) is 4. The zero-order valence-electron chi connectivity index (χ0n) is 15.4. The maximum Gasteiger partial charge on any atom is 0.305 e. The molecule has 2 aromatic rings. The smallest absolute Gasteiger partial charge is 0.305 e. The summed E-state index contributed by atoms with van der Waals surface area (Å²) in [6.45, 7) is -0.185. The summed E-state index contributed by atoms with van der Waals surface area (Å²) >= 11 is 0. The number of carbonyl (C=O) groups excluding carboxylic acids is 2. The van der Waals surface area contributed by atoms with Gasteiger partial charge in [0, 0.05) is 6.04 Å². The van der Waals surface area contributed by atoms with Gasteiger partial charge in [0.1, 0.15) is 0 Å². The van der Waals surface area contributed by atoms with Crippen molar-refractivity contribution in [2.75, 3.05) is 6.54 Å². The molecule has 0 aliphatic carbocycles. The number of aliphatic carboxylic acids is 1. The molecule has 0 aromatic heterocycles. The van der Waals surface area contributed by atoms with Crippen molar-refractivity contribution in [3.8, 4) is 0 Å². The summed E-state index contributed by atoms with van der Waals surface area (Å²) in [7, 11) is 0. The zero-order chi connectivity index (χ0) is 20.4. The van der Waals surface area contributed by atoms with Crippen molar-refractivity contribution in [2.45, 2.75) is 25.3 Å². The molecule has 28 heavy (non-hydrogen) atoms. The molecular weight excluding hydrogens is 360 g/mol. The second kappa shape index (κ2) is 10.8. The van der Waals surface area contributed by atoms with Gasteiger partial charge in [-0.3, -0.25) is 19.6 Å². The normalized spacial score (nSPS) is 12.6. The van der Waals surface area contributed by atoms with E-state index >= 15 is 0 Å². The molecule has 0 radical (unpaired) electrons. The van der Waals surface area contributed by atoms with Crippen LogP contribution in [0.25, 0.3) is 0 Å². The number of rotatable bonds is 11. The number of carboxylic acids is 1. The van der Waals surface area contributed by atoms with E-state index in [2.05, 4.69) is 5.32 Å². The third kappa shape index (κ3) is 7.20. The summed E-state index contributed by atoms with van der Waals surface area (Å²) in [5.74, 6) is -2.14. The highest BCUT2D eigenvalue weighted by Gasteiger charge is 2.25. The lowest BCUT2D eigenvalue weighted by molar-refractivity contribution is -0.154. The van der Waals surface area contributed by atoms with Crippen LogP contribution in [-0.2, 0) is 27.2 Å². The van der Waals surface area contributed by atoms with Crippen LogP contribution in [0.1, 0.15) is 17.5 Å². The summed E-state index contributed by atoms with van der Waals surface area (Å²) in [5.41, 5.74) is 1.78. The lowest BCUT2D eigenvalue weighted by Gasteiger charge is -2.23. The average molecular weight is 384 g/mol. The van der Waals surface area contributed by atoms with Crippen LogP contribution in [0.3, 0.4) is 0 Å². The van der Waals surface area contributed by atoms with Crippen LogP contribution in [-0.4, -0.2) is 46.3 Å². The molecule has 2 atom stereocenters. The monoisotopic (exact) mass is 384 g/mol. The number of hydrogen-bond donors (Lipinski definition) is 3. The van der Waals surface area contributed by atoms with E-state index in [0.29, 0.717) is 17.9 Å². The van der Waals surface area contributed by atoms with Gasteiger partial charge in [0.05, 0.1) is 18.9 Å². The highest BCUT2D eigenvalue weighted by atomic mass is 16.5. The molecule has 0 saturated heterocycles. The summed E-state index contributed by atoms with van der Waals surface area (Å²) in [4.78, 5) is 34.8. The van der Waals surface area contributed by atoms with E-state index in [1.165, 1.54) is 0 Å². The van der Waals surface area contributed by atoms with Crippen molar-refractivity contribution in [3.63, 3.8) is 0 Å². The zero-order valence-corrected chi connectivity index (χ0v) is 15.4. The van der Waals surface area contributed by atoms with Gasteiger partial charge in [-0.25, -0.2) is 5.06 Å². The van der Waals surface area contributed by atoms with Gasteiger partial charge in [0.15, 0.2) is 0 Å². The fraction of sp³-hybridized carbons (Fsp3) is 0.286. The molecule has 2 amide bonds. The standard InChI is InChI=1S/C21H24N2O5/c24-15-23(28)14-18(11-16-7-3-1-4-8-16)21(27)22-19(13-20(25)26)12-17-9-5-2-6-10-17/h1-10,15,18-19,28H,11-14H2,(H,22,27)(H,25,26). The molecule has 2 aromatic carbocycles. The highest BCUT2D eigenvalue weighted by molar-refractivity contribution is 5.80. The van der Waals surface area contributed by atoms with Crippen LogP contribution in [0.15, 0.2) is 60.7 Å². The minimum Gasteiger partial charge on any atom is -0.481 e. The second-order valence-corrected chi connectivity index (χ2v) is 6.61. The van der Waals surface area contributed by atoms with Crippen LogP contribution < -0.4 is 5.32 Å². The Labute approximate surface area is 163 Å². The van der Waals surface area contributed by atoms with E-state index in [-0.39, 0.29) is 19.4 Å². The second-order valence-electron chi connectivity index (χ2n) is 6.61. The number of nitrogens with zero attached hydrogens (tertiary/aromatic N) is 1. The van der Waals surface area contributed by atoms with Gasteiger partial charge in [0.2, 0.25) is 12.3 Å². The van der Waals surface area contributed by atoms with Gasteiger partial charge < -0.3 is 10.4 Å². The molecule has 3 N–H and O–H groups in total. The Bertz CT molecular complexity index is 767. The van der Waals surface area contributed by atoms with E-state index in [9.17, 15) is 24.7 Å². The Morgan fingerprint density at radius 2 is 1.50 bits per heavy atom. The van der Waals surface area contributed by atoms with Crippen molar-refractivity contribution < 1.29 is 24.7 Å². The summed E-state index contributed by atoms with van der Waals surface area (Å²) in [5, 5.41) is 21.9. The van der Waals surface area contributed by atoms with Crippen molar-refractivity contribution in [3.05, 3.63) is 71.8 Å². The molecule has 0 aliphatic rings. The average Bonchev–Trinajstić information content (AvgIpc) is 2.68. The van der Waals surface area contributed by atoms with Crippen LogP contribution in [0.5, 0.6) is 0 Å². The van der Waals surface area contributed by atoms with Crippen molar-refractivity contribution >= 4 is 18.3 Å². The summed E-state index contributed by atoms with van der Waals surface area (Å²) < 4.78 is 0. The van der Waals surface area contributed by atoms with Crippen molar-refractivity contribution in [2.24, 2.45) is 5.92 Å². The number of carbonyl (C=O) groups is 3. The first-order valence-electron chi connectivity index (χ1n) is 8.98. The van der Waals surface area contributed by atoms with Gasteiger partial charge in [-0.15, -0.1) is 0 Å². The van der Waals surface area contributed by atoms with E-state index in [1.54, 1.807) is 0 Å². The molecule has 0 saturated carbocycles. The van der Waals surface area contributed by atoms with Crippen LogP contribution in [0.4, 0.5) is 0 Å². The maximum atomic E-state index is 12.8. The number of carboxylic acid groups (broad SMARTS) is 1. The Balaban J connectivity index is 2.12. The molecule has 7 nitrogen and oxygen atoms in total. The molecule has 148 valence electrons. The Hall–Kier alpha value is -3.19. The lowest BCUT2D eigenvalue weighted by atomic mass is 9.96. The predicted octanol–water partition coefficient (Wildman–Crippen LogP) is 1.90. The third-order valence-electron chi connectivity index (χ3n) is 4.32. The van der Waals surface area contributed by atoms with Gasteiger partial charge >= 0.3 is 5.97 Å². The van der Waals surface area contributed by atoms with Crippen LogP contribution >= 0.6 is 0 Å². The summed E-state index contributed by atoms with van der Waals surface area (Å²) in [6, 6.07) is 17.9. The van der Waals surface area contributed by atoms with Gasteiger partial charge in [-0.2, -0.15) is 0 Å². The molecular formula is C21H24N2O5. The topological polar surface area (TPSA) is 107 Å². The molecule has 0 aliphatic heterocycles. The van der Waals surface area contributed by atoms with Crippen LogP contribution in [0.2, 0.25) is 0 Å². The van der Waals surface area contributed by atoms with Crippen molar-refractivity contribution in [1.29, 1.82) is 0 Å². The van der Waals surface area contributed by atoms with E-state index < -0.39 is 23.8 Å². The first-order valence-corrected chi connectivity index (χ1v) is 8.98.